The van der Waals surface area contributed by atoms with E-state index in [0.717, 1.165) is 10.4 Å². The topological polar surface area (TPSA) is 98.1 Å². The number of nitrogens with one attached hydrogen (secondary N) is 1. The summed E-state index contributed by atoms with van der Waals surface area (Å²) < 4.78 is 10.9. The first-order chi connectivity index (χ1) is 13.6. The van der Waals surface area contributed by atoms with Gasteiger partial charge < -0.3 is 14.1 Å². The molecule has 4 rings (SSSR count). The summed E-state index contributed by atoms with van der Waals surface area (Å²) in [7, 11) is 0. The molecule has 0 spiro atoms. The zero-order chi connectivity index (χ0) is 19.5. The molecule has 1 atom stereocenters. The van der Waals surface area contributed by atoms with Crippen LogP contribution in [0.2, 0.25) is 0 Å². The van der Waals surface area contributed by atoms with E-state index in [-0.39, 0.29) is 11.5 Å². The summed E-state index contributed by atoms with van der Waals surface area (Å²) in [6, 6.07) is 16.2. The number of carbonyl (C=O) groups excluding carboxylic acids is 1. The molecule has 0 saturated carbocycles. The average Bonchev–Trinajstić information content (AvgIpc) is 3.40. The molecule has 0 bridgehead atoms. The van der Waals surface area contributed by atoms with Crippen LogP contribution in [-0.2, 0) is 4.74 Å². The van der Waals surface area contributed by atoms with Gasteiger partial charge in [-0.15, -0.1) is 21.5 Å². The fraction of sp³-hybridized carbons (Fsp3) is 0.100. The number of aromatic nitrogens is 3. The Morgan fingerprint density at radius 2 is 1.93 bits per heavy atom. The number of pyridine rings is 1. The summed E-state index contributed by atoms with van der Waals surface area (Å²) in [6.45, 7) is 1.61. The summed E-state index contributed by atoms with van der Waals surface area (Å²) in [5.41, 5.74) is 0.848. The zero-order valence-electron chi connectivity index (χ0n) is 14.8. The molecule has 7 nitrogen and oxygen atoms in total. The van der Waals surface area contributed by atoms with Gasteiger partial charge in [0.05, 0.1) is 4.88 Å². The highest BCUT2D eigenvalue weighted by molar-refractivity contribution is 7.13. The molecule has 0 aliphatic rings. The second-order valence-corrected chi connectivity index (χ2v) is 6.90. The van der Waals surface area contributed by atoms with Crippen LogP contribution in [0.3, 0.4) is 0 Å². The van der Waals surface area contributed by atoms with Gasteiger partial charge in [0, 0.05) is 5.69 Å². The van der Waals surface area contributed by atoms with Crippen LogP contribution in [0.1, 0.15) is 29.3 Å². The summed E-state index contributed by atoms with van der Waals surface area (Å²) >= 11 is 1.46. The van der Waals surface area contributed by atoms with Crippen LogP contribution in [-0.4, -0.2) is 21.2 Å². The number of aromatic amines is 1. The van der Waals surface area contributed by atoms with Crippen molar-refractivity contribution in [2.24, 2.45) is 0 Å². The van der Waals surface area contributed by atoms with Gasteiger partial charge in [-0.25, -0.2) is 4.79 Å². The van der Waals surface area contributed by atoms with E-state index >= 15 is 0 Å². The van der Waals surface area contributed by atoms with E-state index in [4.69, 9.17) is 9.15 Å². The van der Waals surface area contributed by atoms with Crippen LogP contribution in [0.5, 0.6) is 0 Å². The van der Waals surface area contributed by atoms with Gasteiger partial charge in [0.25, 0.3) is 17.3 Å². The Bertz CT molecular complexity index is 1150. The summed E-state index contributed by atoms with van der Waals surface area (Å²) in [5.74, 6) is -0.240. The van der Waals surface area contributed by atoms with E-state index in [2.05, 4.69) is 15.2 Å². The van der Waals surface area contributed by atoms with E-state index in [1.165, 1.54) is 17.4 Å². The van der Waals surface area contributed by atoms with Crippen molar-refractivity contribution in [2.45, 2.75) is 13.0 Å². The van der Waals surface area contributed by atoms with Gasteiger partial charge in [-0.2, -0.15) is 0 Å². The van der Waals surface area contributed by atoms with Crippen LogP contribution in [0.15, 0.2) is 69.2 Å². The van der Waals surface area contributed by atoms with Gasteiger partial charge >= 0.3 is 5.97 Å². The molecule has 8 heteroatoms. The molecule has 1 N–H and O–H groups in total. The minimum absolute atomic E-state index is 0.0930. The fourth-order valence-electron chi connectivity index (χ4n) is 2.59. The Labute approximate surface area is 163 Å². The molecule has 1 aromatic carbocycles. The standard InChI is InChI=1S/C20H15N3O4S/c1-12(18-22-23-19(27-18)16-8-5-11-28-16)26-20(25)14-9-10-15(21-17(14)24)13-6-3-2-4-7-13/h2-12H,1H3,(H,21,24)/t12-/m0/s1. The number of ether oxygens (including phenoxy) is 1. The number of hydrogen-bond donors (Lipinski definition) is 1. The van der Waals surface area contributed by atoms with Crippen LogP contribution >= 0.6 is 11.3 Å². The number of benzene rings is 1. The maximum Gasteiger partial charge on any atom is 0.344 e. The van der Waals surface area contributed by atoms with E-state index in [9.17, 15) is 9.59 Å². The highest BCUT2D eigenvalue weighted by Gasteiger charge is 2.22. The maximum atomic E-state index is 12.4. The quantitative estimate of drug-likeness (QED) is 0.513. The first kappa shape index (κ1) is 17.9. The van der Waals surface area contributed by atoms with Crippen LogP contribution in [0.4, 0.5) is 0 Å². The molecular formula is C20H15N3O4S. The number of esters is 1. The lowest BCUT2D eigenvalue weighted by atomic mass is 10.1. The lowest BCUT2D eigenvalue weighted by Gasteiger charge is -2.09. The Hall–Kier alpha value is -3.52. The van der Waals surface area contributed by atoms with Crippen molar-refractivity contribution in [1.82, 2.24) is 15.2 Å². The van der Waals surface area contributed by atoms with E-state index < -0.39 is 17.6 Å². The first-order valence-corrected chi connectivity index (χ1v) is 9.37. The third-order valence-corrected chi connectivity index (χ3v) is 4.88. The predicted molar refractivity (Wildman–Crippen MR) is 104 cm³/mol. The number of nitrogens with zero attached hydrogens (tertiary/aromatic N) is 2. The highest BCUT2D eigenvalue weighted by Crippen LogP contribution is 2.26. The lowest BCUT2D eigenvalue weighted by molar-refractivity contribution is 0.0278. The molecule has 4 aromatic rings. The van der Waals surface area contributed by atoms with Crippen LogP contribution in [0.25, 0.3) is 22.0 Å². The van der Waals surface area contributed by atoms with E-state index in [1.807, 2.05) is 47.8 Å². The highest BCUT2D eigenvalue weighted by atomic mass is 32.1. The number of carbonyl (C=O) groups is 1. The molecule has 140 valence electrons. The van der Waals surface area contributed by atoms with Crippen LogP contribution < -0.4 is 5.56 Å². The van der Waals surface area contributed by atoms with Gasteiger partial charge in [0.2, 0.25) is 0 Å². The molecule has 0 saturated heterocycles. The van der Waals surface area contributed by atoms with E-state index in [0.29, 0.717) is 11.6 Å². The van der Waals surface area contributed by atoms with Crippen molar-refractivity contribution in [1.29, 1.82) is 0 Å². The Balaban J connectivity index is 1.50. The van der Waals surface area contributed by atoms with Gasteiger partial charge in [0.15, 0.2) is 6.10 Å². The molecular weight excluding hydrogens is 378 g/mol. The molecule has 28 heavy (non-hydrogen) atoms. The van der Waals surface area contributed by atoms with Crippen molar-refractivity contribution >= 4 is 17.3 Å². The second kappa shape index (κ2) is 7.61. The Morgan fingerprint density at radius 1 is 1.11 bits per heavy atom. The molecule has 0 aliphatic heterocycles. The molecule has 0 unspecified atom stereocenters. The maximum absolute atomic E-state index is 12.4. The minimum atomic E-state index is -0.790. The van der Waals surface area contributed by atoms with Crippen molar-refractivity contribution < 1.29 is 13.9 Å². The van der Waals surface area contributed by atoms with E-state index in [1.54, 1.807) is 13.0 Å². The fourth-order valence-corrected chi connectivity index (χ4v) is 3.24. The van der Waals surface area contributed by atoms with Crippen molar-refractivity contribution in [3.8, 4) is 22.0 Å². The van der Waals surface area contributed by atoms with Gasteiger partial charge in [-0.1, -0.05) is 36.4 Å². The molecule has 3 aromatic heterocycles. The van der Waals surface area contributed by atoms with Crippen molar-refractivity contribution in [3.05, 3.63) is 81.8 Å². The summed E-state index contributed by atoms with van der Waals surface area (Å²) in [5, 5.41) is 9.78. The zero-order valence-corrected chi connectivity index (χ0v) is 15.6. The van der Waals surface area contributed by atoms with Crippen molar-refractivity contribution in [3.63, 3.8) is 0 Å². The SMILES string of the molecule is C[C@H](OC(=O)c1ccc(-c2ccccc2)[nH]c1=O)c1nnc(-c2cccs2)o1. The number of hydrogen-bond acceptors (Lipinski definition) is 7. The van der Waals surface area contributed by atoms with Gasteiger partial charge in [0.1, 0.15) is 5.56 Å². The molecule has 0 fully saturated rings. The normalized spacial score (nSPS) is 11.9. The molecule has 0 aliphatic carbocycles. The molecule has 0 radical (unpaired) electrons. The third kappa shape index (κ3) is 3.63. The molecule has 0 amide bonds. The average molecular weight is 393 g/mol. The van der Waals surface area contributed by atoms with Crippen molar-refractivity contribution in [2.75, 3.05) is 0 Å². The first-order valence-electron chi connectivity index (χ1n) is 8.49. The summed E-state index contributed by atoms with van der Waals surface area (Å²) in [4.78, 5) is 28.3. The number of rotatable bonds is 5. The number of H-pyrrole nitrogens is 1. The Morgan fingerprint density at radius 3 is 2.64 bits per heavy atom. The lowest BCUT2D eigenvalue weighted by Crippen LogP contribution is -2.21. The number of thiophene rings is 1. The molecule has 3 heterocycles. The monoisotopic (exact) mass is 393 g/mol. The smallest absolute Gasteiger partial charge is 0.344 e. The van der Waals surface area contributed by atoms with Gasteiger partial charge in [-0.3, -0.25) is 4.79 Å². The summed E-state index contributed by atoms with van der Waals surface area (Å²) in [6.07, 6.45) is -0.790. The van der Waals surface area contributed by atoms with Gasteiger partial charge in [-0.05, 0) is 36.1 Å². The largest absolute Gasteiger partial charge is 0.449 e. The predicted octanol–water partition coefficient (Wildman–Crippen LogP) is 4.07. The minimum Gasteiger partial charge on any atom is -0.449 e. The second-order valence-electron chi connectivity index (χ2n) is 5.95. The van der Waals surface area contributed by atoms with Crippen LogP contribution in [0, 0.1) is 0 Å². The third-order valence-electron chi connectivity index (χ3n) is 4.02. The Kier molecular flexibility index (Phi) is 4.86.